The highest BCUT2D eigenvalue weighted by atomic mass is 35.5. The second kappa shape index (κ2) is 6.24. The van der Waals surface area contributed by atoms with Crippen molar-refractivity contribution in [2.75, 3.05) is 16.4 Å². The quantitative estimate of drug-likeness (QED) is 0.692. The predicted octanol–water partition coefficient (Wildman–Crippen LogP) is 4.84. The fraction of sp³-hybridized carbons (Fsp3) is 0.133. The minimum absolute atomic E-state index is 0.357. The Labute approximate surface area is 133 Å². The van der Waals surface area contributed by atoms with E-state index in [9.17, 15) is 4.79 Å². The summed E-state index contributed by atoms with van der Waals surface area (Å²) in [5, 5.41) is 6.33. The number of halogens is 2. The van der Waals surface area contributed by atoms with Crippen molar-refractivity contribution in [3.63, 3.8) is 0 Å². The second-order valence-corrected chi connectivity index (χ2v) is 5.55. The van der Waals surface area contributed by atoms with Gasteiger partial charge in [-0.3, -0.25) is 0 Å². The third-order valence-electron chi connectivity index (χ3n) is 2.97. The Balaban J connectivity index is 2.13. The molecule has 0 heterocycles. The molecule has 2 aromatic carbocycles. The van der Waals surface area contributed by atoms with Gasteiger partial charge in [0, 0.05) is 17.1 Å². The van der Waals surface area contributed by atoms with Crippen molar-refractivity contribution < 1.29 is 4.79 Å². The molecule has 2 amide bonds. The van der Waals surface area contributed by atoms with Gasteiger partial charge in [-0.05, 0) is 55.3 Å². The van der Waals surface area contributed by atoms with Crippen molar-refractivity contribution in [3.8, 4) is 0 Å². The van der Waals surface area contributed by atoms with E-state index in [1.54, 1.807) is 18.2 Å². The standard InChI is InChI=1S/C15H15Cl2N3O/c1-8-5-10(18)6-9(2)14(8)20-15(21)19-11-3-4-12(16)13(17)7-11/h3-7H,18H2,1-2H3,(H2,19,20,21). The van der Waals surface area contributed by atoms with E-state index in [0.29, 0.717) is 21.4 Å². The van der Waals surface area contributed by atoms with E-state index in [-0.39, 0.29) is 6.03 Å². The molecule has 0 spiro atoms. The van der Waals surface area contributed by atoms with Gasteiger partial charge in [0.1, 0.15) is 0 Å². The third-order valence-corrected chi connectivity index (χ3v) is 3.71. The Kier molecular flexibility index (Phi) is 4.60. The molecule has 2 aromatic rings. The van der Waals surface area contributed by atoms with Crippen molar-refractivity contribution >= 4 is 46.3 Å². The molecular formula is C15H15Cl2N3O. The first-order valence-corrected chi connectivity index (χ1v) is 7.02. The van der Waals surface area contributed by atoms with Crippen molar-refractivity contribution in [1.29, 1.82) is 0 Å². The van der Waals surface area contributed by atoms with Gasteiger partial charge in [0.05, 0.1) is 10.0 Å². The Morgan fingerprint density at radius 2 is 1.62 bits per heavy atom. The molecule has 6 heteroatoms. The molecule has 0 saturated heterocycles. The summed E-state index contributed by atoms with van der Waals surface area (Å²) in [6, 6.07) is 8.15. The normalized spacial score (nSPS) is 10.3. The summed E-state index contributed by atoms with van der Waals surface area (Å²) in [5.41, 5.74) is 9.53. The summed E-state index contributed by atoms with van der Waals surface area (Å²) >= 11 is 11.7. The largest absolute Gasteiger partial charge is 0.399 e. The Morgan fingerprint density at radius 3 is 2.19 bits per heavy atom. The van der Waals surface area contributed by atoms with Crippen LogP contribution in [0.5, 0.6) is 0 Å². The van der Waals surface area contributed by atoms with Gasteiger partial charge in [-0.2, -0.15) is 0 Å². The lowest BCUT2D eigenvalue weighted by atomic mass is 10.1. The number of urea groups is 1. The molecule has 0 aliphatic heterocycles. The number of nitrogens with one attached hydrogen (secondary N) is 2. The van der Waals surface area contributed by atoms with Gasteiger partial charge in [-0.25, -0.2) is 4.79 Å². The van der Waals surface area contributed by atoms with Gasteiger partial charge in [-0.15, -0.1) is 0 Å². The summed E-state index contributed by atoms with van der Waals surface area (Å²) in [6.45, 7) is 3.77. The molecule has 4 N–H and O–H groups in total. The number of amides is 2. The monoisotopic (exact) mass is 323 g/mol. The van der Waals surface area contributed by atoms with Crippen LogP contribution in [-0.2, 0) is 0 Å². The number of anilines is 3. The van der Waals surface area contributed by atoms with Gasteiger partial charge in [-0.1, -0.05) is 23.2 Å². The van der Waals surface area contributed by atoms with E-state index < -0.39 is 0 Å². The maximum atomic E-state index is 12.0. The van der Waals surface area contributed by atoms with E-state index in [4.69, 9.17) is 28.9 Å². The highest BCUT2D eigenvalue weighted by molar-refractivity contribution is 6.42. The molecular weight excluding hydrogens is 309 g/mol. The maximum Gasteiger partial charge on any atom is 0.323 e. The highest BCUT2D eigenvalue weighted by Crippen LogP contribution is 2.26. The molecule has 21 heavy (non-hydrogen) atoms. The van der Waals surface area contributed by atoms with Crippen LogP contribution in [0, 0.1) is 13.8 Å². The topological polar surface area (TPSA) is 67.1 Å². The van der Waals surface area contributed by atoms with Crippen molar-refractivity contribution in [3.05, 3.63) is 51.5 Å². The molecule has 0 aromatic heterocycles. The van der Waals surface area contributed by atoms with Crippen LogP contribution in [0.1, 0.15) is 11.1 Å². The summed E-state index contributed by atoms with van der Waals surface area (Å²) in [7, 11) is 0. The van der Waals surface area contributed by atoms with Crippen LogP contribution in [0.3, 0.4) is 0 Å². The Morgan fingerprint density at radius 1 is 1.00 bits per heavy atom. The van der Waals surface area contributed by atoms with Crippen LogP contribution in [0.4, 0.5) is 21.9 Å². The minimum Gasteiger partial charge on any atom is -0.399 e. The van der Waals surface area contributed by atoms with Crippen molar-refractivity contribution in [1.82, 2.24) is 0 Å². The van der Waals surface area contributed by atoms with E-state index in [1.165, 1.54) is 0 Å². The zero-order chi connectivity index (χ0) is 15.6. The highest BCUT2D eigenvalue weighted by Gasteiger charge is 2.09. The summed E-state index contributed by atoms with van der Waals surface area (Å²) in [4.78, 5) is 12.0. The number of hydrogen-bond acceptors (Lipinski definition) is 2. The van der Waals surface area contributed by atoms with E-state index >= 15 is 0 Å². The summed E-state index contributed by atoms with van der Waals surface area (Å²) in [5.74, 6) is 0. The van der Waals surface area contributed by atoms with E-state index in [0.717, 1.165) is 16.8 Å². The first-order chi connectivity index (χ1) is 9.86. The average Bonchev–Trinajstić information content (AvgIpc) is 2.38. The molecule has 0 radical (unpaired) electrons. The molecule has 0 aliphatic rings. The van der Waals surface area contributed by atoms with Crippen LogP contribution in [0.25, 0.3) is 0 Å². The number of nitrogen functional groups attached to an aromatic ring is 1. The molecule has 0 aliphatic carbocycles. The number of carbonyl (C=O) groups is 1. The lowest BCUT2D eigenvalue weighted by molar-refractivity contribution is 0.262. The molecule has 0 unspecified atom stereocenters. The molecule has 0 fully saturated rings. The lowest BCUT2D eigenvalue weighted by Crippen LogP contribution is -2.20. The number of carbonyl (C=O) groups excluding carboxylic acids is 1. The molecule has 0 saturated carbocycles. The van der Waals surface area contributed by atoms with Crippen LogP contribution < -0.4 is 16.4 Å². The fourth-order valence-electron chi connectivity index (χ4n) is 2.04. The van der Waals surface area contributed by atoms with E-state index in [2.05, 4.69) is 10.6 Å². The number of nitrogens with two attached hydrogens (primary N) is 1. The maximum absolute atomic E-state index is 12.0. The summed E-state index contributed by atoms with van der Waals surface area (Å²) in [6.07, 6.45) is 0. The summed E-state index contributed by atoms with van der Waals surface area (Å²) < 4.78 is 0. The average molecular weight is 324 g/mol. The Hall–Kier alpha value is -1.91. The number of hydrogen-bond donors (Lipinski definition) is 3. The number of rotatable bonds is 2. The molecule has 2 rings (SSSR count). The predicted molar refractivity (Wildman–Crippen MR) is 89.4 cm³/mol. The molecule has 0 bridgehead atoms. The lowest BCUT2D eigenvalue weighted by Gasteiger charge is -2.13. The van der Waals surface area contributed by atoms with Crippen molar-refractivity contribution in [2.45, 2.75) is 13.8 Å². The van der Waals surface area contributed by atoms with Gasteiger partial charge in [0.2, 0.25) is 0 Å². The number of aryl methyl sites for hydroxylation is 2. The molecule has 0 atom stereocenters. The van der Waals surface area contributed by atoms with Gasteiger partial charge in [0.15, 0.2) is 0 Å². The number of benzene rings is 2. The molecule has 4 nitrogen and oxygen atoms in total. The van der Waals surface area contributed by atoms with Crippen LogP contribution in [0.2, 0.25) is 10.0 Å². The van der Waals surface area contributed by atoms with Crippen LogP contribution >= 0.6 is 23.2 Å². The first kappa shape index (κ1) is 15.5. The zero-order valence-corrected chi connectivity index (χ0v) is 13.1. The smallest absolute Gasteiger partial charge is 0.323 e. The SMILES string of the molecule is Cc1cc(N)cc(C)c1NC(=O)Nc1ccc(Cl)c(Cl)c1. The molecule has 110 valence electrons. The minimum atomic E-state index is -0.357. The first-order valence-electron chi connectivity index (χ1n) is 6.26. The fourth-order valence-corrected chi connectivity index (χ4v) is 2.34. The zero-order valence-electron chi connectivity index (χ0n) is 11.6. The van der Waals surface area contributed by atoms with E-state index in [1.807, 2.05) is 26.0 Å². The van der Waals surface area contributed by atoms with Gasteiger partial charge >= 0.3 is 6.03 Å². The third kappa shape index (κ3) is 3.80. The van der Waals surface area contributed by atoms with Gasteiger partial charge in [0.25, 0.3) is 0 Å². The van der Waals surface area contributed by atoms with Crippen molar-refractivity contribution in [2.24, 2.45) is 0 Å². The van der Waals surface area contributed by atoms with Crippen LogP contribution in [0.15, 0.2) is 30.3 Å². The van der Waals surface area contributed by atoms with Gasteiger partial charge < -0.3 is 16.4 Å². The Bertz CT molecular complexity index is 678. The second-order valence-electron chi connectivity index (χ2n) is 4.74. The van der Waals surface area contributed by atoms with Crippen LogP contribution in [-0.4, -0.2) is 6.03 Å².